The van der Waals surface area contributed by atoms with Crippen molar-refractivity contribution in [2.24, 2.45) is 0 Å². The highest BCUT2D eigenvalue weighted by molar-refractivity contribution is 9.10. The maximum absolute atomic E-state index is 12.1. The van der Waals surface area contributed by atoms with Gasteiger partial charge in [-0.2, -0.15) is 0 Å². The van der Waals surface area contributed by atoms with Gasteiger partial charge in [0.1, 0.15) is 0 Å². The minimum atomic E-state index is -0.0125. The summed E-state index contributed by atoms with van der Waals surface area (Å²) in [7, 11) is 0. The Balaban J connectivity index is 1.43. The average molecular weight is 399 g/mol. The van der Waals surface area contributed by atoms with Gasteiger partial charge in [-0.05, 0) is 42.2 Å². The number of likely N-dealkylation sites (tertiary alicyclic amines) is 1. The molecule has 1 aliphatic heterocycles. The van der Waals surface area contributed by atoms with Gasteiger partial charge < -0.3 is 5.32 Å². The van der Waals surface area contributed by atoms with Crippen LogP contribution in [0.3, 0.4) is 0 Å². The highest BCUT2D eigenvalue weighted by Gasteiger charge is 2.19. The highest BCUT2D eigenvalue weighted by Crippen LogP contribution is 2.15. The van der Waals surface area contributed by atoms with Gasteiger partial charge in [0.25, 0.3) is 0 Å². The molecule has 0 atom stereocenters. The minimum Gasteiger partial charge on any atom is -0.350 e. The van der Waals surface area contributed by atoms with Crippen LogP contribution in [0.4, 0.5) is 0 Å². The number of hydrogen-bond acceptors (Lipinski definition) is 2. The SMILES string of the molecule is O=C(/C=C/c1cccc(Br)c1)NC1CCN(Cc2ccccc2)CC1. The molecule has 130 valence electrons. The molecule has 0 aliphatic carbocycles. The van der Waals surface area contributed by atoms with Crippen LogP contribution in [0.1, 0.15) is 24.0 Å². The summed E-state index contributed by atoms with van der Waals surface area (Å²) in [5.41, 5.74) is 2.36. The second-order valence-electron chi connectivity index (χ2n) is 6.43. The van der Waals surface area contributed by atoms with Gasteiger partial charge in [0.2, 0.25) is 5.91 Å². The molecule has 3 rings (SSSR count). The topological polar surface area (TPSA) is 32.3 Å². The quantitative estimate of drug-likeness (QED) is 0.763. The van der Waals surface area contributed by atoms with Crippen LogP contribution in [0.2, 0.25) is 0 Å². The molecule has 1 saturated heterocycles. The lowest BCUT2D eigenvalue weighted by molar-refractivity contribution is -0.117. The van der Waals surface area contributed by atoms with E-state index in [1.807, 2.05) is 36.4 Å². The molecule has 1 N–H and O–H groups in total. The number of carbonyl (C=O) groups is 1. The number of carbonyl (C=O) groups excluding carboxylic acids is 1. The van der Waals surface area contributed by atoms with Gasteiger partial charge in [0.05, 0.1) is 0 Å². The largest absolute Gasteiger partial charge is 0.350 e. The van der Waals surface area contributed by atoms with Crippen LogP contribution in [0.15, 0.2) is 65.1 Å². The highest BCUT2D eigenvalue weighted by atomic mass is 79.9. The molecule has 3 nitrogen and oxygen atoms in total. The third-order valence-corrected chi connectivity index (χ3v) is 4.95. The van der Waals surface area contributed by atoms with Crippen LogP contribution >= 0.6 is 15.9 Å². The average Bonchev–Trinajstić information content (AvgIpc) is 2.63. The maximum Gasteiger partial charge on any atom is 0.244 e. The van der Waals surface area contributed by atoms with Crippen molar-refractivity contribution < 1.29 is 4.79 Å². The molecule has 0 bridgehead atoms. The number of nitrogens with one attached hydrogen (secondary N) is 1. The number of rotatable bonds is 5. The number of hydrogen-bond donors (Lipinski definition) is 1. The Hall–Kier alpha value is -1.91. The van der Waals surface area contributed by atoms with E-state index in [2.05, 4.69) is 50.4 Å². The first-order valence-corrected chi connectivity index (χ1v) is 9.49. The van der Waals surface area contributed by atoms with Crippen LogP contribution in [-0.2, 0) is 11.3 Å². The lowest BCUT2D eigenvalue weighted by Crippen LogP contribution is -2.43. The Morgan fingerprint density at radius 2 is 1.88 bits per heavy atom. The molecule has 1 amide bonds. The molecular formula is C21H23BrN2O. The fraction of sp³-hybridized carbons (Fsp3) is 0.286. The van der Waals surface area contributed by atoms with Gasteiger partial charge >= 0.3 is 0 Å². The molecule has 1 aliphatic rings. The van der Waals surface area contributed by atoms with Crippen LogP contribution < -0.4 is 5.32 Å². The van der Waals surface area contributed by atoms with Crippen LogP contribution in [0, 0.1) is 0 Å². The van der Waals surface area contributed by atoms with Gasteiger partial charge in [-0.15, -0.1) is 0 Å². The van der Waals surface area contributed by atoms with Crippen LogP contribution in [-0.4, -0.2) is 29.9 Å². The first kappa shape index (κ1) is 17.9. The summed E-state index contributed by atoms with van der Waals surface area (Å²) in [5, 5.41) is 3.12. The van der Waals surface area contributed by atoms with Gasteiger partial charge in [-0.25, -0.2) is 0 Å². The standard InChI is InChI=1S/C21H23BrN2O/c22-19-8-4-7-17(15-19)9-10-21(25)23-20-11-13-24(14-12-20)16-18-5-2-1-3-6-18/h1-10,15,20H,11-14,16H2,(H,23,25)/b10-9+. The Morgan fingerprint density at radius 3 is 2.60 bits per heavy atom. The first-order valence-electron chi connectivity index (χ1n) is 8.69. The second kappa shape index (κ2) is 8.97. The fourth-order valence-corrected chi connectivity index (χ4v) is 3.53. The summed E-state index contributed by atoms with van der Waals surface area (Å²) in [4.78, 5) is 14.6. The van der Waals surface area contributed by atoms with Crippen molar-refractivity contribution in [1.82, 2.24) is 10.2 Å². The van der Waals surface area contributed by atoms with Gasteiger partial charge in [-0.3, -0.25) is 9.69 Å². The van der Waals surface area contributed by atoms with Crippen molar-refractivity contribution in [3.63, 3.8) is 0 Å². The third-order valence-electron chi connectivity index (χ3n) is 4.46. The predicted molar refractivity (Wildman–Crippen MR) is 106 cm³/mol. The zero-order valence-electron chi connectivity index (χ0n) is 14.2. The molecule has 25 heavy (non-hydrogen) atoms. The molecule has 0 saturated carbocycles. The second-order valence-corrected chi connectivity index (χ2v) is 7.35. The number of nitrogens with zero attached hydrogens (tertiary/aromatic N) is 1. The normalized spacial score (nSPS) is 16.2. The first-order chi connectivity index (χ1) is 12.2. The van der Waals surface area contributed by atoms with Crippen LogP contribution in [0.25, 0.3) is 6.08 Å². The Bertz CT molecular complexity index is 722. The molecule has 1 heterocycles. The molecule has 4 heteroatoms. The van der Waals surface area contributed by atoms with Crippen molar-refractivity contribution in [3.05, 3.63) is 76.3 Å². The zero-order valence-corrected chi connectivity index (χ0v) is 15.8. The molecule has 1 fully saturated rings. The number of benzene rings is 2. The smallest absolute Gasteiger partial charge is 0.244 e. The summed E-state index contributed by atoms with van der Waals surface area (Å²) in [6.07, 6.45) is 5.48. The van der Waals surface area contributed by atoms with E-state index < -0.39 is 0 Å². The lowest BCUT2D eigenvalue weighted by atomic mass is 10.0. The molecular weight excluding hydrogens is 376 g/mol. The van der Waals surface area contributed by atoms with E-state index in [1.54, 1.807) is 6.08 Å². The molecule has 2 aromatic carbocycles. The van der Waals surface area contributed by atoms with E-state index in [-0.39, 0.29) is 11.9 Å². The third kappa shape index (κ3) is 5.83. The van der Waals surface area contributed by atoms with E-state index in [4.69, 9.17) is 0 Å². The van der Waals surface area contributed by atoms with Gasteiger partial charge in [0, 0.05) is 36.2 Å². The summed E-state index contributed by atoms with van der Waals surface area (Å²) >= 11 is 3.44. The number of halogens is 1. The van der Waals surface area contributed by atoms with E-state index >= 15 is 0 Å². The van der Waals surface area contributed by atoms with Crippen molar-refractivity contribution in [3.8, 4) is 0 Å². The van der Waals surface area contributed by atoms with Crippen molar-refractivity contribution in [2.75, 3.05) is 13.1 Å². The van der Waals surface area contributed by atoms with Gasteiger partial charge in [0.15, 0.2) is 0 Å². The van der Waals surface area contributed by atoms with Crippen molar-refractivity contribution >= 4 is 27.9 Å². The number of piperidine rings is 1. The maximum atomic E-state index is 12.1. The molecule has 0 unspecified atom stereocenters. The Morgan fingerprint density at radius 1 is 1.12 bits per heavy atom. The fourth-order valence-electron chi connectivity index (χ4n) is 3.11. The monoisotopic (exact) mass is 398 g/mol. The van der Waals surface area contributed by atoms with E-state index in [1.165, 1.54) is 5.56 Å². The summed E-state index contributed by atoms with van der Waals surface area (Å²) in [6.45, 7) is 3.04. The zero-order chi connectivity index (χ0) is 17.5. The summed E-state index contributed by atoms with van der Waals surface area (Å²) < 4.78 is 1.01. The lowest BCUT2D eigenvalue weighted by Gasteiger charge is -2.32. The molecule has 0 spiro atoms. The summed E-state index contributed by atoms with van der Waals surface area (Å²) in [6, 6.07) is 18.7. The molecule has 2 aromatic rings. The van der Waals surface area contributed by atoms with Crippen LogP contribution in [0.5, 0.6) is 0 Å². The van der Waals surface area contributed by atoms with Crippen molar-refractivity contribution in [2.45, 2.75) is 25.4 Å². The van der Waals surface area contributed by atoms with Crippen molar-refractivity contribution in [1.29, 1.82) is 0 Å². The number of amides is 1. The van der Waals surface area contributed by atoms with E-state index in [0.29, 0.717) is 0 Å². The Kier molecular flexibility index (Phi) is 6.42. The minimum absolute atomic E-state index is 0.0125. The van der Waals surface area contributed by atoms with E-state index in [9.17, 15) is 4.79 Å². The predicted octanol–water partition coefficient (Wildman–Crippen LogP) is 4.24. The Labute approximate surface area is 157 Å². The molecule has 0 aromatic heterocycles. The van der Waals surface area contributed by atoms with E-state index in [0.717, 1.165) is 42.5 Å². The molecule has 0 radical (unpaired) electrons. The van der Waals surface area contributed by atoms with Gasteiger partial charge in [-0.1, -0.05) is 58.4 Å². The summed E-state index contributed by atoms with van der Waals surface area (Å²) in [5.74, 6) is -0.0125.